The Morgan fingerprint density at radius 3 is 2.53 bits per heavy atom. The summed E-state index contributed by atoms with van der Waals surface area (Å²) in [5, 5.41) is 3.78. The SMILES string of the molecule is O=C(NN=Cc1ccc(Br)cc1)c1ccccc1F. The Bertz CT molecular complexity index is 611. The maximum Gasteiger partial charge on any atom is 0.274 e. The first kappa shape index (κ1) is 13.4. The van der Waals surface area contributed by atoms with Crippen LogP contribution in [0.15, 0.2) is 58.1 Å². The Balaban J connectivity index is 2.01. The van der Waals surface area contributed by atoms with Crippen molar-refractivity contribution >= 4 is 28.1 Å². The number of nitrogens with one attached hydrogen (secondary N) is 1. The van der Waals surface area contributed by atoms with Crippen LogP contribution in [0.2, 0.25) is 0 Å². The molecule has 0 atom stereocenters. The van der Waals surface area contributed by atoms with Gasteiger partial charge in [0.15, 0.2) is 0 Å². The van der Waals surface area contributed by atoms with Crippen molar-refractivity contribution in [2.75, 3.05) is 0 Å². The summed E-state index contributed by atoms with van der Waals surface area (Å²) in [5.74, 6) is -1.15. The third-order valence-corrected chi connectivity index (χ3v) is 2.90. The van der Waals surface area contributed by atoms with Crippen molar-refractivity contribution in [1.82, 2.24) is 5.43 Å². The first-order chi connectivity index (χ1) is 9.16. The van der Waals surface area contributed by atoms with Crippen molar-refractivity contribution in [1.29, 1.82) is 0 Å². The average molecular weight is 321 g/mol. The lowest BCUT2D eigenvalue weighted by atomic mass is 10.2. The number of benzene rings is 2. The zero-order chi connectivity index (χ0) is 13.7. The second-order valence-electron chi connectivity index (χ2n) is 3.73. The molecule has 0 aromatic heterocycles. The molecule has 0 fully saturated rings. The van der Waals surface area contributed by atoms with E-state index in [1.165, 1.54) is 24.4 Å². The number of hydrogen-bond donors (Lipinski definition) is 1. The number of nitrogens with zero attached hydrogens (tertiary/aromatic N) is 1. The monoisotopic (exact) mass is 320 g/mol. The van der Waals surface area contributed by atoms with E-state index in [1.54, 1.807) is 6.07 Å². The molecule has 96 valence electrons. The maximum absolute atomic E-state index is 13.3. The van der Waals surface area contributed by atoms with Gasteiger partial charge in [0.25, 0.3) is 5.91 Å². The summed E-state index contributed by atoms with van der Waals surface area (Å²) in [6.07, 6.45) is 1.49. The van der Waals surface area contributed by atoms with Gasteiger partial charge in [-0.15, -0.1) is 0 Å². The minimum atomic E-state index is -0.577. The molecule has 0 aliphatic rings. The summed E-state index contributed by atoms with van der Waals surface area (Å²) in [5.41, 5.74) is 3.08. The van der Waals surface area contributed by atoms with E-state index in [0.29, 0.717) is 0 Å². The van der Waals surface area contributed by atoms with Gasteiger partial charge >= 0.3 is 0 Å². The number of amides is 1. The molecule has 0 unspecified atom stereocenters. The predicted molar refractivity (Wildman–Crippen MR) is 75.6 cm³/mol. The van der Waals surface area contributed by atoms with Crippen LogP contribution in [0.5, 0.6) is 0 Å². The third kappa shape index (κ3) is 3.72. The summed E-state index contributed by atoms with van der Waals surface area (Å²) in [7, 11) is 0. The van der Waals surface area contributed by atoms with Crippen molar-refractivity contribution in [3.8, 4) is 0 Å². The van der Waals surface area contributed by atoms with Gasteiger partial charge in [-0.25, -0.2) is 9.82 Å². The molecule has 1 N–H and O–H groups in total. The van der Waals surface area contributed by atoms with Crippen LogP contribution in [0, 0.1) is 5.82 Å². The van der Waals surface area contributed by atoms with Gasteiger partial charge in [0.1, 0.15) is 5.82 Å². The van der Waals surface area contributed by atoms with E-state index in [2.05, 4.69) is 26.5 Å². The van der Waals surface area contributed by atoms with E-state index in [9.17, 15) is 9.18 Å². The molecule has 3 nitrogen and oxygen atoms in total. The quantitative estimate of drug-likeness (QED) is 0.684. The van der Waals surface area contributed by atoms with E-state index in [1.807, 2.05) is 24.3 Å². The Labute approximate surface area is 118 Å². The van der Waals surface area contributed by atoms with Crippen LogP contribution in [-0.4, -0.2) is 12.1 Å². The molecular weight excluding hydrogens is 311 g/mol. The summed E-state index contributed by atoms with van der Waals surface area (Å²) in [6.45, 7) is 0. The molecule has 0 spiro atoms. The fraction of sp³-hybridized carbons (Fsp3) is 0. The third-order valence-electron chi connectivity index (χ3n) is 2.37. The van der Waals surface area contributed by atoms with E-state index < -0.39 is 11.7 Å². The summed E-state index contributed by atoms with van der Waals surface area (Å²) in [4.78, 5) is 11.6. The number of hydrogen-bond acceptors (Lipinski definition) is 2. The lowest BCUT2D eigenvalue weighted by molar-refractivity contribution is 0.0951. The second-order valence-corrected chi connectivity index (χ2v) is 4.65. The van der Waals surface area contributed by atoms with Crippen LogP contribution in [0.1, 0.15) is 15.9 Å². The van der Waals surface area contributed by atoms with Gasteiger partial charge in [-0.05, 0) is 29.8 Å². The van der Waals surface area contributed by atoms with Crippen molar-refractivity contribution in [2.45, 2.75) is 0 Å². The highest BCUT2D eigenvalue weighted by atomic mass is 79.9. The van der Waals surface area contributed by atoms with Crippen molar-refractivity contribution in [2.24, 2.45) is 5.10 Å². The standard InChI is InChI=1S/C14H10BrFN2O/c15-11-7-5-10(6-8-11)9-17-18-14(19)12-3-1-2-4-13(12)16/h1-9H,(H,18,19). The zero-order valence-corrected chi connectivity index (χ0v) is 11.4. The molecule has 0 aliphatic heterocycles. The number of carbonyl (C=O) groups is 1. The van der Waals surface area contributed by atoms with Gasteiger partial charge in [-0.3, -0.25) is 4.79 Å². The molecule has 5 heteroatoms. The fourth-order valence-electron chi connectivity index (χ4n) is 1.42. The van der Waals surface area contributed by atoms with Crippen LogP contribution < -0.4 is 5.43 Å². The van der Waals surface area contributed by atoms with Crippen LogP contribution in [-0.2, 0) is 0 Å². The molecule has 0 heterocycles. The highest BCUT2D eigenvalue weighted by Crippen LogP contribution is 2.09. The van der Waals surface area contributed by atoms with E-state index in [4.69, 9.17) is 0 Å². The molecule has 0 saturated heterocycles. The Hall–Kier alpha value is -2.01. The van der Waals surface area contributed by atoms with Crippen LogP contribution in [0.3, 0.4) is 0 Å². The molecule has 0 aliphatic carbocycles. The maximum atomic E-state index is 13.3. The molecular formula is C14H10BrFN2O. The first-order valence-corrected chi connectivity index (χ1v) is 6.29. The van der Waals surface area contributed by atoms with E-state index >= 15 is 0 Å². The smallest absolute Gasteiger partial charge is 0.267 e. The Morgan fingerprint density at radius 2 is 1.84 bits per heavy atom. The van der Waals surface area contributed by atoms with Crippen LogP contribution in [0.4, 0.5) is 4.39 Å². The minimum Gasteiger partial charge on any atom is -0.267 e. The summed E-state index contributed by atoms with van der Waals surface area (Å²) >= 11 is 3.32. The molecule has 2 aromatic carbocycles. The molecule has 2 rings (SSSR count). The van der Waals surface area contributed by atoms with Crippen LogP contribution >= 0.6 is 15.9 Å². The van der Waals surface area contributed by atoms with Gasteiger partial charge in [-0.1, -0.05) is 40.2 Å². The minimum absolute atomic E-state index is 0.0320. The normalized spacial score (nSPS) is 10.6. The topological polar surface area (TPSA) is 41.5 Å². The number of rotatable bonds is 3. The Kier molecular flexibility index (Phi) is 4.41. The first-order valence-electron chi connectivity index (χ1n) is 5.50. The zero-order valence-electron chi connectivity index (χ0n) is 9.81. The largest absolute Gasteiger partial charge is 0.274 e. The number of hydrazone groups is 1. The van der Waals surface area contributed by atoms with Gasteiger partial charge in [0, 0.05) is 4.47 Å². The van der Waals surface area contributed by atoms with Gasteiger partial charge in [0.05, 0.1) is 11.8 Å². The van der Waals surface area contributed by atoms with E-state index in [-0.39, 0.29) is 5.56 Å². The summed E-state index contributed by atoms with van der Waals surface area (Å²) in [6, 6.07) is 13.1. The van der Waals surface area contributed by atoms with Crippen molar-refractivity contribution in [3.05, 3.63) is 69.9 Å². The van der Waals surface area contributed by atoms with Crippen molar-refractivity contribution < 1.29 is 9.18 Å². The van der Waals surface area contributed by atoms with Crippen LogP contribution in [0.25, 0.3) is 0 Å². The molecule has 2 aromatic rings. The van der Waals surface area contributed by atoms with Gasteiger partial charge in [0.2, 0.25) is 0 Å². The lowest BCUT2D eigenvalue weighted by Crippen LogP contribution is -2.18. The number of carbonyl (C=O) groups excluding carboxylic acids is 1. The highest BCUT2D eigenvalue weighted by molar-refractivity contribution is 9.10. The molecule has 0 radical (unpaired) electrons. The average Bonchev–Trinajstić information content (AvgIpc) is 2.41. The highest BCUT2D eigenvalue weighted by Gasteiger charge is 2.08. The lowest BCUT2D eigenvalue weighted by Gasteiger charge is -2.00. The van der Waals surface area contributed by atoms with Gasteiger partial charge in [-0.2, -0.15) is 5.10 Å². The molecule has 0 bridgehead atoms. The fourth-order valence-corrected chi connectivity index (χ4v) is 1.68. The summed E-state index contributed by atoms with van der Waals surface area (Å²) < 4.78 is 14.3. The molecule has 1 amide bonds. The van der Waals surface area contributed by atoms with Crippen molar-refractivity contribution in [3.63, 3.8) is 0 Å². The predicted octanol–water partition coefficient (Wildman–Crippen LogP) is 3.35. The van der Waals surface area contributed by atoms with Gasteiger partial charge < -0.3 is 0 Å². The molecule has 19 heavy (non-hydrogen) atoms. The van der Waals surface area contributed by atoms with E-state index in [0.717, 1.165) is 10.0 Å². The second kappa shape index (κ2) is 6.24. The molecule has 0 saturated carbocycles. The Morgan fingerprint density at radius 1 is 1.16 bits per heavy atom. The number of halogens is 2.